The second-order valence-corrected chi connectivity index (χ2v) is 6.58. The van der Waals surface area contributed by atoms with Gasteiger partial charge in [-0.05, 0) is 12.5 Å². The average molecular weight is 270 g/mol. The van der Waals surface area contributed by atoms with Crippen molar-refractivity contribution >= 4 is 15.5 Å². The lowest BCUT2D eigenvalue weighted by Crippen LogP contribution is -2.09. The van der Waals surface area contributed by atoms with Crippen LogP contribution >= 0.6 is 0 Å². The number of sulfone groups is 1. The monoisotopic (exact) mass is 270 g/mol. The largest absolute Gasteiger partial charge is 0.396 e. The number of unbranched alkanes of at least 4 members (excludes halogenated alkanes) is 5. The van der Waals surface area contributed by atoms with Crippen LogP contribution in [-0.4, -0.2) is 19.2 Å². The molecule has 1 aromatic rings. The number of hydrogen-bond acceptors (Lipinski definition) is 4. The Bertz CT molecular complexity index is 458. The molecule has 0 atom stereocenters. The lowest BCUT2D eigenvalue weighted by atomic mass is 10.1. The van der Waals surface area contributed by atoms with Gasteiger partial charge in [0.15, 0.2) is 9.84 Å². The quantitative estimate of drug-likeness (QED) is 0.737. The van der Waals surface area contributed by atoms with Gasteiger partial charge in [-0.25, -0.2) is 8.42 Å². The Labute approximate surface area is 110 Å². The van der Waals surface area contributed by atoms with Crippen LogP contribution in [-0.2, 0) is 9.84 Å². The molecule has 2 N–H and O–H groups in total. The Morgan fingerprint density at radius 3 is 2.50 bits per heavy atom. The van der Waals surface area contributed by atoms with Crippen molar-refractivity contribution in [1.29, 1.82) is 0 Å². The summed E-state index contributed by atoms with van der Waals surface area (Å²) in [5.74, 6) is 0.174. The minimum atomic E-state index is -3.25. The van der Waals surface area contributed by atoms with Crippen molar-refractivity contribution in [3.8, 4) is 0 Å². The Kier molecular flexibility index (Phi) is 6.12. The molecule has 0 spiro atoms. The van der Waals surface area contributed by atoms with Crippen molar-refractivity contribution in [3.63, 3.8) is 0 Å². The molecule has 4 nitrogen and oxygen atoms in total. The zero-order chi connectivity index (χ0) is 13.4. The first-order chi connectivity index (χ1) is 8.58. The van der Waals surface area contributed by atoms with Crippen LogP contribution in [0.15, 0.2) is 23.4 Å². The van der Waals surface area contributed by atoms with E-state index >= 15 is 0 Å². The van der Waals surface area contributed by atoms with E-state index in [-0.39, 0.29) is 16.3 Å². The van der Waals surface area contributed by atoms with E-state index in [9.17, 15) is 8.42 Å². The summed E-state index contributed by atoms with van der Waals surface area (Å²) in [6.07, 6.45) is 9.23. The third kappa shape index (κ3) is 4.64. The first-order valence-electron chi connectivity index (χ1n) is 6.50. The number of aromatic nitrogens is 1. The first kappa shape index (κ1) is 15.0. The highest BCUT2D eigenvalue weighted by Gasteiger charge is 2.16. The number of nitrogens with two attached hydrogens (primary N) is 1. The molecule has 102 valence electrons. The van der Waals surface area contributed by atoms with E-state index in [0.717, 1.165) is 12.8 Å². The van der Waals surface area contributed by atoms with Crippen LogP contribution in [0, 0.1) is 0 Å². The van der Waals surface area contributed by atoms with Gasteiger partial charge in [0.25, 0.3) is 0 Å². The smallest absolute Gasteiger partial charge is 0.180 e. The predicted octanol–water partition coefficient (Wildman–Crippen LogP) is 2.80. The minimum Gasteiger partial charge on any atom is -0.396 e. The molecule has 0 aliphatic rings. The van der Waals surface area contributed by atoms with Crippen LogP contribution in [0.25, 0.3) is 0 Å². The van der Waals surface area contributed by atoms with Gasteiger partial charge in [0.2, 0.25) is 0 Å². The first-order valence-corrected chi connectivity index (χ1v) is 8.15. The fourth-order valence-corrected chi connectivity index (χ4v) is 3.34. The van der Waals surface area contributed by atoms with Gasteiger partial charge in [-0.1, -0.05) is 39.0 Å². The van der Waals surface area contributed by atoms with Crippen molar-refractivity contribution < 1.29 is 8.42 Å². The molecule has 0 saturated carbocycles. The predicted molar refractivity (Wildman–Crippen MR) is 74.1 cm³/mol. The van der Waals surface area contributed by atoms with Crippen LogP contribution in [0.4, 0.5) is 5.69 Å². The number of hydrogen-bond donors (Lipinski definition) is 1. The Hall–Kier alpha value is -1.10. The van der Waals surface area contributed by atoms with Gasteiger partial charge in [0.05, 0.1) is 22.5 Å². The van der Waals surface area contributed by atoms with E-state index in [1.165, 1.54) is 37.7 Å². The van der Waals surface area contributed by atoms with Crippen molar-refractivity contribution in [2.75, 3.05) is 11.5 Å². The summed E-state index contributed by atoms with van der Waals surface area (Å²) < 4.78 is 24.1. The fourth-order valence-electron chi connectivity index (χ4n) is 1.86. The number of anilines is 1. The number of nitrogens with zero attached hydrogens (tertiary/aromatic N) is 1. The van der Waals surface area contributed by atoms with Gasteiger partial charge in [-0.3, -0.25) is 4.98 Å². The summed E-state index contributed by atoms with van der Waals surface area (Å²) in [4.78, 5) is 4.01. The van der Waals surface area contributed by atoms with E-state index in [0.29, 0.717) is 6.42 Å². The molecule has 0 radical (unpaired) electrons. The van der Waals surface area contributed by atoms with Gasteiger partial charge >= 0.3 is 0 Å². The van der Waals surface area contributed by atoms with Crippen molar-refractivity contribution in [1.82, 2.24) is 4.98 Å². The molecule has 1 heterocycles. The average Bonchev–Trinajstić information content (AvgIpc) is 2.34. The highest BCUT2D eigenvalue weighted by molar-refractivity contribution is 7.91. The van der Waals surface area contributed by atoms with Crippen LogP contribution in [0.3, 0.4) is 0 Å². The second-order valence-electron chi connectivity index (χ2n) is 4.50. The normalized spacial score (nSPS) is 11.6. The SMILES string of the molecule is CCCCCCCCS(=O)(=O)c1ccncc1N. The zero-order valence-electron chi connectivity index (χ0n) is 10.9. The summed E-state index contributed by atoms with van der Waals surface area (Å²) >= 11 is 0. The van der Waals surface area contributed by atoms with E-state index in [2.05, 4.69) is 11.9 Å². The van der Waals surface area contributed by atoms with Gasteiger partial charge in [-0.15, -0.1) is 0 Å². The Morgan fingerprint density at radius 2 is 1.83 bits per heavy atom. The summed E-state index contributed by atoms with van der Waals surface area (Å²) in [5.41, 5.74) is 5.87. The molecule has 0 aliphatic heterocycles. The summed E-state index contributed by atoms with van der Waals surface area (Å²) in [6, 6.07) is 1.47. The maximum Gasteiger partial charge on any atom is 0.180 e. The second kappa shape index (κ2) is 7.36. The fraction of sp³-hybridized carbons (Fsp3) is 0.615. The third-order valence-corrected chi connectivity index (χ3v) is 4.78. The van der Waals surface area contributed by atoms with Crippen LogP contribution in [0.2, 0.25) is 0 Å². The molecular formula is C13H22N2O2S. The highest BCUT2D eigenvalue weighted by atomic mass is 32.2. The third-order valence-electron chi connectivity index (χ3n) is 2.91. The van der Waals surface area contributed by atoms with Gasteiger partial charge in [0, 0.05) is 6.20 Å². The molecule has 0 unspecified atom stereocenters. The maximum absolute atomic E-state index is 12.0. The Morgan fingerprint density at radius 1 is 1.17 bits per heavy atom. The van der Waals surface area contributed by atoms with Crippen LogP contribution in [0.1, 0.15) is 45.4 Å². The lowest BCUT2D eigenvalue weighted by molar-refractivity contribution is 0.584. The molecule has 1 rings (SSSR count). The van der Waals surface area contributed by atoms with Crippen LogP contribution in [0.5, 0.6) is 0 Å². The maximum atomic E-state index is 12.0. The molecule has 0 aliphatic carbocycles. The highest BCUT2D eigenvalue weighted by Crippen LogP contribution is 2.19. The molecule has 0 saturated heterocycles. The minimum absolute atomic E-state index is 0.174. The van der Waals surface area contributed by atoms with Crippen molar-refractivity contribution in [2.45, 2.75) is 50.3 Å². The lowest BCUT2D eigenvalue weighted by Gasteiger charge is -2.06. The molecule has 0 aromatic carbocycles. The summed E-state index contributed by atoms with van der Waals surface area (Å²) in [5, 5.41) is 0. The van der Waals surface area contributed by atoms with E-state index in [1.54, 1.807) is 0 Å². The molecule has 5 heteroatoms. The van der Waals surface area contributed by atoms with Crippen molar-refractivity contribution in [3.05, 3.63) is 18.5 Å². The van der Waals surface area contributed by atoms with Crippen molar-refractivity contribution in [2.24, 2.45) is 0 Å². The van der Waals surface area contributed by atoms with E-state index in [4.69, 9.17) is 5.73 Å². The number of nitrogen functional groups attached to an aromatic ring is 1. The van der Waals surface area contributed by atoms with E-state index in [1.807, 2.05) is 0 Å². The molecule has 0 amide bonds. The van der Waals surface area contributed by atoms with Gasteiger partial charge in [-0.2, -0.15) is 0 Å². The summed E-state index contributed by atoms with van der Waals surface area (Å²) in [7, 11) is -3.25. The zero-order valence-corrected chi connectivity index (χ0v) is 11.7. The molecule has 0 bridgehead atoms. The number of rotatable bonds is 8. The van der Waals surface area contributed by atoms with Crippen LogP contribution < -0.4 is 5.73 Å². The summed E-state index contributed by atoms with van der Waals surface area (Å²) in [6.45, 7) is 2.16. The number of pyridine rings is 1. The molecular weight excluding hydrogens is 248 g/mol. The Balaban J connectivity index is 2.44. The topological polar surface area (TPSA) is 73.0 Å². The molecule has 1 aromatic heterocycles. The molecule has 0 fully saturated rings. The van der Waals surface area contributed by atoms with E-state index < -0.39 is 9.84 Å². The van der Waals surface area contributed by atoms with Gasteiger partial charge < -0.3 is 5.73 Å². The standard InChI is InChI=1S/C13H22N2O2S/c1-2-3-4-5-6-7-10-18(16,17)13-8-9-15-11-12(13)14/h8-9,11H,2-7,10,14H2,1H3. The molecule has 18 heavy (non-hydrogen) atoms. The van der Waals surface area contributed by atoms with Gasteiger partial charge in [0.1, 0.15) is 0 Å².